The van der Waals surface area contributed by atoms with Gasteiger partial charge in [0.05, 0.1) is 61.0 Å². The Morgan fingerprint density at radius 3 is 1.95 bits per heavy atom. The molecule has 9 unspecified atom stereocenters. The highest BCUT2D eigenvalue weighted by molar-refractivity contribution is 8.00. The molecule has 40 nitrogen and oxygen atoms in total. The van der Waals surface area contributed by atoms with Crippen LogP contribution >= 0.6 is 49.6 Å². The van der Waals surface area contributed by atoms with Gasteiger partial charge in [-0.1, -0.05) is 45.9 Å². The Hall–Kier alpha value is -12.3. The number of carbonyl (C=O) groups is 13. The minimum Gasteiger partial charge on any atom is -0.507 e. The van der Waals surface area contributed by atoms with E-state index in [1.165, 1.54) is 30.5 Å². The smallest absolute Gasteiger partial charge is 0.445 e. The molecule has 1 aliphatic rings. The number of aromatic nitrogens is 4. The van der Waals surface area contributed by atoms with Gasteiger partial charge >= 0.3 is 35.8 Å². The Morgan fingerprint density at radius 1 is 0.736 bits per heavy atom. The fourth-order valence-corrected chi connectivity index (χ4v) is 15.9. The van der Waals surface area contributed by atoms with E-state index in [-0.39, 0.29) is 77.5 Å². The molecule has 1 aliphatic heterocycles. The van der Waals surface area contributed by atoms with Gasteiger partial charge in [-0.05, 0) is 167 Å². The first-order chi connectivity index (χ1) is 61.0. The zero-order valence-corrected chi connectivity index (χ0v) is 76.1. The Bertz CT molecular complexity index is 5050. The number of rotatable bonds is 54. The van der Waals surface area contributed by atoms with Crippen molar-refractivity contribution < 1.29 is 97.7 Å². The molecular weight excluding hydrogens is 1750 g/mol. The maximum atomic E-state index is 14.2. The fraction of sp³-hybridized carbons (Fsp3) is 0.482. The third-order valence-corrected chi connectivity index (χ3v) is 23.4. The Kier molecular flexibility index (Phi) is 41.7. The van der Waals surface area contributed by atoms with Gasteiger partial charge in [-0.25, -0.2) is 19.6 Å². The van der Waals surface area contributed by atoms with Crippen molar-refractivity contribution in [1.82, 2.24) is 62.5 Å². The van der Waals surface area contributed by atoms with Crippen molar-refractivity contribution in [2.45, 2.75) is 197 Å². The maximum Gasteiger partial charge on any atom is 0.445 e. The summed E-state index contributed by atoms with van der Waals surface area (Å²) in [6.07, 6.45) is 7.15. The number of H-pyrrole nitrogens is 1. The van der Waals surface area contributed by atoms with Crippen LogP contribution in [-0.4, -0.2) is 236 Å². The van der Waals surface area contributed by atoms with Crippen LogP contribution in [0.25, 0.3) is 16.7 Å². The number of aromatic amines is 1. The van der Waals surface area contributed by atoms with Crippen molar-refractivity contribution in [1.29, 1.82) is 5.41 Å². The number of fused-ring (bicyclic) bond motifs is 2. The summed E-state index contributed by atoms with van der Waals surface area (Å²) in [7, 11) is 0. The van der Waals surface area contributed by atoms with E-state index in [0.717, 1.165) is 89.0 Å². The lowest BCUT2D eigenvalue weighted by Gasteiger charge is -2.30. The quantitative estimate of drug-likeness (QED) is 0.00800. The Labute approximate surface area is 765 Å². The molecule has 700 valence electrons. The summed E-state index contributed by atoms with van der Waals surface area (Å²) in [5.74, 6) is -18.3. The number of thioether (sulfide) groups is 1. The summed E-state index contributed by atoms with van der Waals surface area (Å²) in [6, 6.07) is 5.95. The average molecular weight is 1870 g/mol. The van der Waals surface area contributed by atoms with E-state index >= 15 is 0 Å². The zero-order valence-electron chi connectivity index (χ0n) is 72.6. The monoisotopic (exact) mass is 1870 g/mol. The minimum absolute atomic E-state index is 0.0126. The molecule has 8 amide bonds. The molecule has 129 heavy (non-hydrogen) atoms. The number of aliphatic carboxylic acids is 5. The number of carboxylic acid groups (broad SMARTS) is 5. The number of benzene rings is 3. The van der Waals surface area contributed by atoms with Crippen LogP contribution in [0.5, 0.6) is 5.75 Å². The molecule has 0 fully saturated rings. The first kappa shape index (κ1) is 105. The molecule has 0 saturated heterocycles. The molecule has 0 aliphatic carbocycles. The van der Waals surface area contributed by atoms with E-state index in [9.17, 15) is 103 Å². The molecule has 0 radical (unpaired) electrons. The number of phenols is 1. The number of nitrogens with one attached hydrogen (secondary N) is 11. The second kappa shape index (κ2) is 51.0. The number of nitrogens with zero attached hydrogens (tertiary/aromatic N) is 6. The topological polar surface area (TPSA) is 626 Å². The summed E-state index contributed by atoms with van der Waals surface area (Å²) >= 11 is 14.4. The number of thiol groups is 3. The molecule has 44 heteroatoms. The summed E-state index contributed by atoms with van der Waals surface area (Å²) in [6.45, 7) is 14.6. The number of amides is 8. The van der Waals surface area contributed by atoms with Crippen molar-refractivity contribution in [2.75, 3.05) is 77.4 Å². The third kappa shape index (κ3) is 32.7. The Morgan fingerprint density at radius 2 is 1.36 bits per heavy atom. The molecule has 5 aromatic rings. The minimum atomic E-state index is -2.22. The van der Waals surface area contributed by atoms with Gasteiger partial charge in [0.15, 0.2) is 17.1 Å². The molecule has 0 bridgehead atoms. The summed E-state index contributed by atoms with van der Waals surface area (Å²) in [5.41, 5.74) is 15.9. The van der Waals surface area contributed by atoms with Crippen LogP contribution in [0.2, 0.25) is 0 Å². The molecule has 0 saturated carbocycles. The normalized spacial score (nSPS) is 15.3. The van der Waals surface area contributed by atoms with Gasteiger partial charge in [0.2, 0.25) is 47.9 Å². The van der Waals surface area contributed by atoms with Crippen LogP contribution in [0, 0.1) is 21.6 Å². The number of hydrogen-bond acceptors (Lipinski definition) is 28. The van der Waals surface area contributed by atoms with E-state index in [1.807, 2.05) is 42.5 Å². The van der Waals surface area contributed by atoms with E-state index in [2.05, 4.69) is 156 Å². The summed E-state index contributed by atoms with van der Waals surface area (Å²) in [4.78, 5) is 218. The summed E-state index contributed by atoms with van der Waals surface area (Å²) in [5, 5.41) is 89.2. The van der Waals surface area contributed by atoms with Gasteiger partial charge in [-0.15, -0.1) is 24.4 Å². The van der Waals surface area contributed by atoms with Gasteiger partial charge < -0.3 is 99.8 Å². The van der Waals surface area contributed by atoms with Crippen LogP contribution in [0.1, 0.15) is 166 Å². The standard InChI is InChI=1S/C85H115N19O21S4/c1-8-64(79(120)104(125)36-33-89-66(106)20-13-31-85(7)55-40-52(128)26-29-62(55)103(35-16-38-127)65(85)19-12-10-11-17-54(84(4,5)6)53-27-25-51(39-63(53)105)102(9-2)34-15-37-126)129-46-61(47(3)80(121)122)99-77(118)60(43-70(112)113)98-76(117)59(42-69(110)111)97-74(115)56(18-14-32-90-82(86)87)95-75(116)58(41-68(108)109)94-67(107)30-28-57(81(123)124)96-73(114)48-21-23-49(24-22-48)91-44-50-45-92-72-71(93-50)78(119)101-83(88)100-72/h10,12,17,19,21-27,29,39-40,45,47,56-61,64H,8-9,11,13-16,18,20,28,30-38,41-44,46H2,1-7H3,(H23-,86,87,88,89,90,91,92,94,95,96,97,98,99,100,101,105,106,107,108,109,110,111,112,113,114,115,116,117,118,119,121,122,123,124,126,127,128)/p+1. The number of carboxylic acids is 5. The molecule has 2 aromatic heterocycles. The zero-order chi connectivity index (χ0) is 95.6. The molecule has 9 atom stereocenters. The van der Waals surface area contributed by atoms with E-state index in [4.69, 9.17) is 29.5 Å². The largest absolute Gasteiger partial charge is 0.507 e. The summed E-state index contributed by atoms with van der Waals surface area (Å²) < 4.78 is 0.137. The van der Waals surface area contributed by atoms with Crippen molar-refractivity contribution in [3.63, 3.8) is 0 Å². The highest BCUT2D eigenvalue weighted by Crippen LogP contribution is 2.51. The fourth-order valence-electron chi connectivity index (χ4n) is 14.1. The molecule has 0 spiro atoms. The number of carbonyl (C=O) groups excluding carboxylic acids is 8. The van der Waals surface area contributed by atoms with Gasteiger partial charge in [0, 0.05) is 99.9 Å². The van der Waals surface area contributed by atoms with Crippen molar-refractivity contribution in [3.05, 3.63) is 135 Å². The Balaban J connectivity index is 1.06. The van der Waals surface area contributed by atoms with Crippen molar-refractivity contribution in [2.24, 2.45) is 17.1 Å². The van der Waals surface area contributed by atoms with Crippen molar-refractivity contribution >= 4 is 172 Å². The van der Waals surface area contributed by atoms with Crippen LogP contribution in [0.15, 0.2) is 107 Å². The number of allylic oxidation sites excluding steroid dienone is 6. The van der Waals surface area contributed by atoms with Gasteiger partial charge in [0.25, 0.3) is 11.5 Å². The number of aromatic hydroxyl groups is 1. The second-order valence-corrected chi connectivity index (χ2v) is 34.4. The van der Waals surface area contributed by atoms with Crippen LogP contribution in [0.3, 0.4) is 0 Å². The van der Waals surface area contributed by atoms with Gasteiger partial charge in [0.1, 0.15) is 41.2 Å². The molecule has 21 N–H and O–H groups in total. The van der Waals surface area contributed by atoms with Gasteiger partial charge in [-0.2, -0.15) is 30.2 Å². The average Bonchev–Trinajstić information content (AvgIpc) is 1.58. The SMILES string of the molecule is CCC(SCC(NC(=O)C(CC(=O)O)NC(=O)C(CC(=O)O)NC(=O)C(CCCNC(=N)N)NC(=O)C(CC(=O)O)NC(=O)CCC(NC(=O)c1ccc(NCc2cnc3nc(N)[nH]c(=O)c3n2)cc1)C(=O)O)C(C)C(=O)O)C(=O)[N+](=O)CCNC(=O)CCCC1(C)C(=CC=CCC=C(c2ccc(N(CC)CCCS)cc2O)C(C)(C)C)N(CCCS)c2ccc(S)cc21. The van der Waals surface area contributed by atoms with Crippen LogP contribution in [-0.2, 0) is 69.5 Å². The highest BCUT2D eigenvalue weighted by Gasteiger charge is 2.44. The van der Waals surface area contributed by atoms with Crippen molar-refractivity contribution in [3.8, 4) is 5.75 Å². The number of hydrogen-bond donors (Lipinski definition) is 22. The molecule has 3 heterocycles. The maximum absolute atomic E-state index is 14.2. The predicted octanol–water partition coefficient (Wildman–Crippen LogP) is 5.00. The van der Waals surface area contributed by atoms with E-state index in [0.29, 0.717) is 42.9 Å². The lowest BCUT2D eigenvalue weighted by atomic mass is 9.77. The number of phenolic OH excluding ortho intramolecular Hbond substituents is 1. The van der Waals surface area contributed by atoms with Crippen LogP contribution < -0.4 is 74.7 Å². The van der Waals surface area contributed by atoms with E-state index in [1.54, 1.807) is 6.92 Å². The van der Waals surface area contributed by atoms with E-state index < -0.39 is 192 Å². The number of anilines is 4. The molecule has 3 aromatic carbocycles. The van der Waals surface area contributed by atoms with Gasteiger partial charge in [-0.3, -0.25) is 67.9 Å². The lowest BCUT2D eigenvalue weighted by Crippen LogP contribution is -2.59. The first-order valence-electron chi connectivity index (χ1n) is 41.7. The predicted molar refractivity (Wildman–Crippen MR) is 494 cm³/mol. The number of nitrogen functional groups attached to an aromatic ring is 1. The lowest BCUT2D eigenvalue weighted by molar-refractivity contribution is -0.467. The number of nitroso groups, excluding NO2 is 1. The highest BCUT2D eigenvalue weighted by atomic mass is 32.2. The first-order valence-corrected chi connectivity index (χ1v) is 44.5. The number of guanidine groups is 1. The van der Waals surface area contributed by atoms with Crippen LogP contribution in [0.4, 0.5) is 23.0 Å². The molecular formula is C85H116N19O21S4+. The third-order valence-electron chi connectivity index (χ3n) is 21.0. The number of nitrogens with two attached hydrogens (primary N) is 2. The second-order valence-electron chi connectivity index (χ2n) is 31.7. The molecule has 6 rings (SSSR count).